The van der Waals surface area contributed by atoms with Crippen LogP contribution in [0.15, 0.2) is 59.9 Å². The van der Waals surface area contributed by atoms with Crippen LogP contribution >= 0.6 is 0 Å². The van der Waals surface area contributed by atoms with Crippen molar-refractivity contribution in [1.82, 2.24) is 19.5 Å². The van der Waals surface area contributed by atoms with Gasteiger partial charge in [0.1, 0.15) is 23.8 Å². The zero-order valence-corrected chi connectivity index (χ0v) is 15.8. The Hall–Kier alpha value is -3.68. The second kappa shape index (κ2) is 7.38. The van der Waals surface area contributed by atoms with E-state index in [9.17, 15) is 13.6 Å². The molecule has 4 aromatic rings. The minimum absolute atomic E-state index is 0.206. The van der Waals surface area contributed by atoms with Crippen LogP contribution in [0.5, 0.6) is 0 Å². The Labute approximate surface area is 165 Å². The molecule has 3 aromatic heterocycles. The lowest BCUT2D eigenvalue weighted by molar-refractivity contribution is 0.541. The molecule has 0 aliphatic rings. The highest BCUT2D eigenvalue weighted by Crippen LogP contribution is 2.26. The van der Waals surface area contributed by atoms with Gasteiger partial charge in [0.25, 0.3) is 5.56 Å². The van der Waals surface area contributed by atoms with Gasteiger partial charge >= 0.3 is 0 Å². The monoisotopic (exact) mass is 393 g/mol. The third-order valence-corrected chi connectivity index (χ3v) is 4.60. The Bertz CT molecular complexity index is 1250. The van der Waals surface area contributed by atoms with Gasteiger partial charge in [-0.3, -0.25) is 9.36 Å². The van der Waals surface area contributed by atoms with Gasteiger partial charge in [-0.05, 0) is 47.5 Å². The van der Waals surface area contributed by atoms with Crippen LogP contribution in [0.2, 0.25) is 0 Å². The van der Waals surface area contributed by atoms with E-state index in [1.54, 1.807) is 35.4 Å². The van der Waals surface area contributed by atoms with Gasteiger partial charge in [-0.1, -0.05) is 0 Å². The quantitative estimate of drug-likeness (QED) is 0.533. The predicted octanol–water partition coefficient (Wildman–Crippen LogP) is 3.25. The average Bonchev–Trinajstić information content (AvgIpc) is 2.72. The number of aromatic nitrogens is 4. The van der Waals surface area contributed by atoms with Crippen molar-refractivity contribution >= 4 is 16.9 Å². The van der Waals surface area contributed by atoms with Gasteiger partial charge in [0, 0.05) is 32.1 Å². The summed E-state index contributed by atoms with van der Waals surface area (Å²) in [6, 6.07) is 9.14. The zero-order chi connectivity index (χ0) is 20.5. The number of benzene rings is 1. The molecule has 29 heavy (non-hydrogen) atoms. The van der Waals surface area contributed by atoms with E-state index >= 15 is 0 Å². The molecule has 0 saturated heterocycles. The lowest BCUT2D eigenvalue weighted by atomic mass is 10.0. The molecular weight excluding hydrogens is 376 g/mol. The minimum Gasteiger partial charge on any atom is -0.363 e. The van der Waals surface area contributed by atoms with E-state index in [4.69, 9.17) is 0 Å². The second-order valence-electron chi connectivity index (χ2n) is 6.77. The topological polar surface area (TPSA) is 63.9 Å². The van der Waals surface area contributed by atoms with Gasteiger partial charge in [-0.15, -0.1) is 0 Å². The van der Waals surface area contributed by atoms with E-state index in [1.165, 1.54) is 29.2 Å². The molecule has 0 spiro atoms. The molecule has 0 fully saturated rings. The predicted molar refractivity (Wildman–Crippen MR) is 107 cm³/mol. The molecule has 0 radical (unpaired) electrons. The van der Waals surface area contributed by atoms with E-state index in [1.807, 2.05) is 14.1 Å². The van der Waals surface area contributed by atoms with Crippen LogP contribution in [0, 0.1) is 11.6 Å². The summed E-state index contributed by atoms with van der Waals surface area (Å²) in [6.45, 7) is -0.270. The van der Waals surface area contributed by atoms with Crippen molar-refractivity contribution in [2.24, 2.45) is 0 Å². The molecular formula is C21H17F2N5O. The van der Waals surface area contributed by atoms with E-state index in [0.717, 1.165) is 0 Å². The van der Waals surface area contributed by atoms with Gasteiger partial charge in [-0.25, -0.2) is 23.7 Å². The molecule has 146 valence electrons. The number of hydrogen-bond acceptors (Lipinski definition) is 5. The Balaban J connectivity index is 1.73. The summed E-state index contributed by atoms with van der Waals surface area (Å²) in [5, 5.41) is 0.292. The van der Waals surface area contributed by atoms with Crippen LogP contribution in [0.1, 0.15) is 5.56 Å². The summed E-state index contributed by atoms with van der Waals surface area (Å²) in [6.07, 6.45) is 4.36. The normalized spacial score (nSPS) is 11.0. The molecule has 1 aromatic carbocycles. The summed E-state index contributed by atoms with van der Waals surface area (Å²) in [5.74, 6) is -0.794. The van der Waals surface area contributed by atoms with E-state index < -0.39 is 17.2 Å². The number of nitrogens with zero attached hydrogens (tertiary/aromatic N) is 5. The van der Waals surface area contributed by atoms with Crippen molar-refractivity contribution in [1.29, 1.82) is 0 Å². The molecule has 0 N–H and O–H groups in total. The molecule has 4 rings (SSSR count). The van der Waals surface area contributed by atoms with Gasteiger partial charge < -0.3 is 4.90 Å². The first kappa shape index (κ1) is 18.7. The number of hydrogen-bond donors (Lipinski definition) is 0. The summed E-state index contributed by atoms with van der Waals surface area (Å²) < 4.78 is 30.7. The van der Waals surface area contributed by atoms with Crippen LogP contribution in [-0.4, -0.2) is 33.6 Å². The lowest BCUT2D eigenvalue weighted by Gasteiger charge is -2.13. The van der Waals surface area contributed by atoms with Crippen LogP contribution in [0.25, 0.3) is 22.2 Å². The zero-order valence-electron chi connectivity index (χ0n) is 15.8. The standard InChI is InChI=1S/C21H17F2N5O/c1-27(2)19-10-13(5-7-24-19)14-8-17(22)16(18(23)9-14)11-28-12-26-20-15(21(28)29)4-3-6-25-20/h3-10,12H,11H2,1-2H3. The number of anilines is 1. The summed E-state index contributed by atoms with van der Waals surface area (Å²) in [4.78, 5) is 26.7. The van der Waals surface area contributed by atoms with Gasteiger partial charge in [0.2, 0.25) is 0 Å². The molecule has 0 aliphatic heterocycles. The molecule has 6 nitrogen and oxygen atoms in total. The highest BCUT2D eigenvalue weighted by Gasteiger charge is 2.15. The van der Waals surface area contributed by atoms with Gasteiger partial charge in [0.05, 0.1) is 11.9 Å². The number of rotatable bonds is 4. The van der Waals surface area contributed by atoms with Crippen molar-refractivity contribution in [3.63, 3.8) is 0 Å². The average molecular weight is 393 g/mol. The smallest absolute Gasteiger partial charge is 0.263 e. The molecule has 0 bridgehead atoms. The fourth-order valence-corrected chi connectivity index (χ4v) is 3.04. The number of fused-ring (bicyclic) bond motifs is 1. The van der Waals surface area contributed by atoms with E-state index in [2.05, 4.69) is 15.0 Å². The fourth-order valence-electron chi connectivity index (χ4n) is 3.04. The summed E-state index contributed by atoms with van der Waals surface area (Å²) in [7, 11) is 3.67. The fraction of sp³-hybridized carbons (Fsp3) is 0.143. The maximum absolute atomic E-state index is 14.8. The first-order chi connectivity index (χ1) is 13.9. The largest absolute Gasteiger partial charge is 0.363 e. The SMILES string of the molecule is CN(C)c1cc(-c2cc(F)c(Cn3cnc4ncccc4c3=O)c(F)c2)ccn1. The molecule has 3 heterocycles. The van der Waals surface area contributed by atoms with E-state index in [0.29, 0.717) is 28.0 Å². The van der Waals surface area contributed by atoms with Crippen molar-refractivity contribution in [3.8, 4) is 11.1 Å². The van der Waals surface area contributed by atoms with Crippen molar-refractivity contribution in [2.45, 2.75) is 6.54 Å². The Morgan fingerprint density at radius 2 is 1.72 bits per heavy atom. The molecule has 0 saturated carbocycles. The molecule has 8 heteroatoms. The molecule has 0 aliphatic carbocycles. The maximum atomic E-state index is 14.8. The van der Waals surface area contributed by atoms with Gasteiger partial charge in [0.15, 0.2) is 5.65 Å². The molecule has 0 unspecified atom stereocenters. The van der Waals surface area contributed by atoms with E-state index in [-0.39, 0.29) is 12.1 Å². The van der Waals surface area contributed by atoms with Crippen LogP contribution in [-0.2, 0) is 6.54 Å². The first-order valence-corrected chi connectivity index (χ1v) is 8.86. The second-order valence-corrected chi connectivity index (χ2v) is 6.77. The number of pyridine rings is 2. The summed E-state index contributed by atoms with van der Waals surface area (Å²) >= 11 is 0. The van der Waals surface area contributed by atoms with Gasteiger partial charge in [-0.2, -0.15) is 0 Å². The summed E-state index contributed by atoms with van der Waals surface area (Å²) in [5.41, 5.74) is 0.712. The third kappa shape index (κ3) is 3.56. The van der Waals surface area contributed by atoms with Crippen LogP contribution < -0.4 is 10.5 Å². The Kier molecular flexibility index (Phi) is 4.75. The van der Waals surface area contributed by atoms with Crippen LogP contribution in [0.3, 0.4) is 0 Å². The van der Waals surface area contributed by atoms with Crippen molar-refractivity contribution in [3.05, 3.63) is 82.7 Å². The van der Waals surface area contributed by atoms with Crippen molar-refractivity contribution in [2.75, 3.05) is 19.0 Å². The maximum Gasteiger partial charge on any atom is 0.263 e. The number of halogens is 2. The van der Waals surface area contributed by atoms with Crippen LogP contribution in [0.4, 0.5) is 14.6 Å². The minimum atomic E-state index is -0.735. The third-order valence-electron chi connectivity index (χ3n) is 4.60. The first-order valence-electron chi connectivity index (χ1n) is 8.86. The highest BCUT2D eigenvalue weighted by atomic mass is 19.1. The van der Waals surface area contributed by atoms with Crippen molar-refractivity contribution < 1.29 is 8.78 Å². The Morgan fingerprint density at radius 1 is 0.966 bits per heavy atom. The lowest BCUT2D eigenvalue weighted by Crippen LogP contribution is -2.22. The highest BCUT2D eigenvalue weighted by molar-refractivity contribution is 5.72. The Morgan fingerprint density at radius 3 is 2.45 bits per heavy atom. The molecule has 0 atom stereocenters. The molecule has 0 amide bonds.